The number of pyridine rings is 1. The van der Waals surface area contributed by atoms with E-state index in [9.17, 15) is 28.4 Å². The Morgan fingerprint density at radius 2 is 1.75 bits per heavy atom. The van der Waals surface area contributed by atoms with Gasteiger partial charge in [0.1, 0.15) is 23.8 Å². The van der Waals surface area contributed by atoms with Crippen molar-refractivity contribution in [3.63, 3.8) is 0 Å². The molecule has 2 aliphatic carbocycles. The molecule has 18 heteroatoms. The van der Waals surface area contributed by atoms with E-state index in [1.165, 1.54) is 48.7 Å². The van der Waals surface area contributed by atoms with Gasteiger partial charge in [-0.15, -0.1) is 0 Å². The van der Waals surface area contributed by atoms with Gasteiger partial charge in [0.2, 0.25) is 0 Å². The van der Waals surface area contributed by atoms with Crippen molar-refractivity contribution in [2.75, 3.05) is 43.0 Å². The number of amides is 1. The van der Waals surface area contributed by atoms with Crippen molar-refractivity contribution in [1.29, 1.82) is 0 Å². The standard InChI is InChI=1S/C53H64FN7O9S/c1-31(2)36-9-6-7-10-37(36)38-11-8-12-43(38)60-29-53(30-60)19-21-59(22-20-53)34-13-14-39(45(23-34)70-47-26-40-41(54)27-55-49(40)57-51(47)69-32(3)4)50(62)58-71(66,67)35-24-44(61(64)65)48-46(25-35)68-28-42(56-48)33-15-17-52(5,63)18-16-33/h6-7,9-10,13-14,23-27,31-33,38,42-43,56,63H,8,11-12,15-22,28-30H2,1-5H3,(H,55,57)(H,58,62)/t33?,38-,42-,43-,52?/m1/s1. The zero-order chi connectivity index (χ0) is 50.0. The molecule has 0 unspecified atom stereocenters. The van der Waals surface area contributed by atoms with Crippen LogP contribution in [-0.4, -0.2) is 95.8 Å². The molecule has 3 aromatic carbocycles. The number of aliphatic hydroxyl groups is 1. The second-order valence-corrected chi connectivity index (χ2v) is 23.1. The average molecular weight is 994 g/mol. The van der Waals surface area contributed by atoms with E-state index >= 15 is 4.39 Å². The highest BCUT2D eigenvalue weighted by molar-refractivity contribution is 7.90. The van der Waals surface area contributed by atoms with Crippen LogP contribution in [-0.2, 0) is 10.0 Å². The summed E-state index contributed by atoms with van der Waals surface area (Å²) in [5.41, 5.74) is 2.70. The molecule has 1 amide bonds. The third-order valence-corrected chi connectivity index (χ3v) is 17.1. The van der Waals surface area contributed by atoms with Crippen molar-refractivity contribution >= 4 is 44.0 Å². The second kappa shape index (κ2) is 18.9. The quantitative estimate of drug-likeness (QED) is 0.0642. The fourth-order valence-electron chi connectivity index (χ4n) is 11.9. The van der Waals surface area contributed by atoms with Crippen LogP contribution < -0.4 is 29.1 Å². The molecule has 5 aromatic rings. The Morgan fingerprint density at radius 1 is 1.00 bits per heavy atom. The Bertz CT molecular complexity index is 2950. The van der Waals surface area contributed by atoms with Crippen molar-refractivity contribution in [3.8, 4) is 23.1 Å². The summed E-state index contributed by atoms with van der Waals surface area (Å²) in [6.07, 6.45) is 8.93. The Labute approximate surface area is 413 Å². The number of carbonyl (C=O) groups is 1. The third-order valence-electron chi connectivity index (χ3n) is 15.8. The first kappa shape index (κ1) is 48.6. The minimum Gasteiger partial charge on any atom is -0.489 e. The molecular formula is C53H64FN7O9S. The SMILES string of the molecule is CC(C)Oc1nc2[nH]cc(F)c2cc1Oc1cc(N2CCC3(CC2)CN([C@@H]2CCC[C@@H]2c2ccccc2C(C)C)C3)ccc1C(=O)NS(=O)(=O)c1cc2c(c([N+](=O)[O-])c1)N[C@@H](C1CCC(C)(O)CC1)CO2. The van der Waals surface area contributed by atoms with E-state index in [2.05, 4.69) is 67.9 Å². The van der Waals surface area contributed by atoms with Gasteiger partial charge in [-0.2, -0.15) is 4.98 Å². The molecular weight excluding hydrogens is 930 g/mol. The fourth-order valence-corrected chi connectivity index (χ4v) is 12.9. The van der Waals surface area contributed by atoms with Gasteiger partial charge in [-0.05, 0) is 119 Å². The predicted molar refractivity (Wildman–Crippen MR) is 268 cm³/mol. The summed E-state index contributed by atoms with van der Waals surface area (Å²) in [4.78, 5) is 37.8. The first-order valence-corrected chi connectivity index (χ1v) is 26.6. The lowest BCUT2D eigenvalue weighted by Gasteiger charge is -2.57. The number of halogens is 1. The van der Waals surface area contributed by atoms with Gasteiger partial charge in [-0.1, -0.05) is 44.5 Å². The van der Waals surface area contributed by atoms with E-state index in [-0.39, 0.29) is 75.5 Å². The molecule has 2 saturated heterocycles. The highest BCUT2D eigenvalue weighted by atomic mass is 32.2. The first-order chi connectivity index (χ1) is 33.9. The van der Waals surface area contributed by atoms with Crippen molar-refractivity contribution in [3.05, 3.63) is 99.5 Å². The summed E-state index contributed by atoms with van der Waals surface area (Å²) in [7, 11) is -4.76. The number of nitro groups is 1. The molecule has 0 radical (unpaired) electrons. The highest BCUT2D eigenvalue weighted by Gasteiger charge is 2.49. The van der Waals surface area contributed by atoms with Crippen LogP contribution in [0.5, 0.6) is 23.1 Å². The normalized spacial score (nSPS) is 24.3. The van der Waals surface area contributed by atoms with Crippen molar-refractivity contribution < 1.29 is 41.8 Å². The van der Waals surface area contributed by atoms with Gasteiger partial charge in [-0.25, -0.2) is 17.5 Å². The van der Waals surface area contributed by atoms with Crippen LogP contribution >= 0.6 is 0 Å². The monoisotopic (exact) mass is 993 g/mol. The minimum absolute atomic E-state index is 0.000909. The minimum atomic E-state index is -4.76. The zero-order valence-corrected chi connectivity index (χ0v) is 41.8. The molecule has 2 saturated carbocycles. The van der Waals surface area contributed by atoms with Crippen LogP contribution in [0.2, 0.25) is 0 Å². The molecule has 3 atom stereocenters. The molecule has 71 heavy (non-hydrogen) atoms. The maximum atomic E-state index is 15.0. The van der Waals surface area contributed by atoms with Gasteiger partial charge < -0.3 is 34.5 Å². The van der Waals surface area contributed by atoms with E-state index in [1.54, 1.807) is 32.9 Å². The Morgan fingerprint density at radius 3 is 2.46 bits per heavy atom. The summed E-state index contributed by atoms with van der Waals surface area (Å²) in [5.74, 6) is -0.609. The van der Waals surface area contributed by atoms with Gasteiger partial charge in [0.15, 0.2) is 17.2 Å². The van der Waals surface area contributed by atoms with Gasteiger partial charge in [0, 0.05) is 68.4 Å². The molecule has 4 fully saturated rings. The van der Waals surface area contributed by atoms with Gasteiger partial charge >= 0.3 is 0 Å². The van der Waals surface area contributed by atoms with Crippen LogP contribution in [0.3, 0.4) is 0 Å². The van der Waals surface area contributed by atoms with Crippen molar-refractivity contribution in [2.24, 2.45) is 11.3 Å². The number of hydrogen-bond donors (Lipinski definition) is 4. The van der Waals surface area contributed by atoms with Crippen LogP contribution in [0.15, 0.2) is 71.8 Å². The van der Waals surface area contributed by atoms with Crippen molar-refractivity contribution in [2.45, 2.75) is 133 Å². The number of H-pyrrole nitrogens is 1. The van der Waals surface area contributed by atoms with Crippen LogP contribution in [0, 0.1) is 27.3 Å². The number of aromatic amines is 1. The number of rotatable bonds is 13. The number of nitro benzene ring substituents is 1. The molecule has 5 heterocycles. The highest BCUT2D eigenvalue weighted by Crippen LogP contribution is 2.50. The molecule has 0 bridgehead atoms. The summed E-state index contributed by atoms with van der Waals surface area (Å²) >= 11 is 0. The lowest BCUT2D eigenvalue weighted by Crippen LogP contribution is -2.63. The summed E-state index contributed by atoms with van der Waals surface area (Å²) in [6, 6.07) is 17.6. The molecule has 3 aliphatic heterocycles. The Hall–Kier alpha value is -5.98. The number of hydrogen-bond acceptors (Lipinski definition) is 13. The Kier molecular flexibility index (Phi) is 12.9. The molecule has 2 aromatic heterocycles. The third kappa shape index (κ3) is 9.74. The lowest BCUT2D eigenvalue weighted by molar-refractivity contribution is -0.384. The van der Waals surface area contributed by atoms with Crippen LogP contribution in [0.4, 0.5) is 21.5 Å². The number of benzene rings is 3. The molecule has 16 nitrogen and oxygen atoms in total. The van der Waals surface area contributed by atoms with Gasteiger partial charge in [-0.3, -0.25) is 19.8 Å². The summed E-state index contributed by atoms with van der Waals surface area (Å²) in [5, 5.41) is 26.3. The number of nitrogens with zero attached hydrogens (tertiary/aromatic N) is 4. The van der Waals surface area contributed by atoms with Crippen LogP contribution in [0.1, 0.15) is 126 Å². The maximum absolute atomic E-state index is 15.0. The number of piperidine rings is 1. The number of fused-ring (bicyclic) bond motifs is 2. The van der Waals surface area contributed by atoms with Crippen LogP contribution in [0.25, 0.3) is 11.0 Å². The predicted octanol–water partition coefficient (Wildman–Crippen LogP) is 9.78. The van der Waals surface area contributed by atoms with E-state index in [0.717, 1.165) is 56.8 Å². The molecule has 4 N–H and O–H groups in total. The number of nitrogens with one attached hydrogen (secondary N) is 3. The molecule has 1 spiro atoms. The Balaban J connectivity index is 0.897. The van der Waals surface area contributed by atoms with E-state index < -0.39 is 42.9 Å². The first-order valence-electron chi connectivity index (χ1n) is 25.1. The largest absolute Gasteiger partial charge is 0.489 e. The molecule has 10 rings (SSSR count). The van der Waals surface area contributed by atoms with Gasteiger partial charge in [0.25, 0.3) is 27.5 Å². The van der Waals surface area contributed by atoms with E-state index in [4.69, 9.17) is 14.2 Å². The summed E-state index contributed by atoms with van der Waals surface area (Å²) < 4.78 is 63.8. The smallest absolute Gasteiger partial charge is 0.297 e. The van der Waals surface area contributed by atoms with Gasteiger partial charge in [0.05, 0.1) is 38.5 Å². The summed E-state index contributed by atoms with van der Waals surface area (Å²) in [6.45, 7) is 13.7. The topological polar surface area (TPSA) is 201 Å². The number of anilines is 2. The van der Waals surface area contributed by atoms with E-state index in [1.807, 2.05) is 0 Å². The van der Waals surface area contributed by atoms with Crippen molar-refractivity contribution in [1.82, 2.24) is 19.6 Å². The maximum Gasteiger partial charge on any atom is 0.297 e. The van der Waals surface area contributed by atoms with E-state index in [0.29, 0.717) is 43.6 Å². The number of ether oxygens (including phenoxy) is 3. The fraction of sp³-hybridized carbons (Fsp3) is 0.509. The average Bonchev–Trinajstić information content (AvgIpc) is 3.96. The number of carbonyl (C=O) groups excluding carboxylic acids is 1. The lowest BCUT2D eigenvalue weighted by atomic mass is 9.70. The molecule has 378 valence electrons. The molecule has 5 aliphatic rings. The second-order valence-electron chi connectivity index (χ2n) is 21.5. The zero-order valence-electron chi connectivity index (χ0n) is 41.0. The number of sulfonamides is 1. The number of likely N-dealkylation sites (tertiary alicyclic amines) is 1. The number of aromatic nitrogens is 2.